The molecule has 0 saturated carbocycles. The van der Waals surface area contributed by atoms with Crippen LogP contribution in [0.3, 0.4) is 0 Å². The van der Waals surface area contributed by atoms with E-state index in [9.17, 15) is 4.79 Å². The maximum atomic E-state index is 13.3. The van der Waals surface area contributed by atoms with Gasteiger partial charge >= 0.3 is 0 Å². The topological polar surface area (TPSA) is 61.5 Å². The predicted octanol–water partition coefficient (Wildman–Crippen LogP) is 3.12. The standard InChI is InChI=1S/C23H24N4O2/c1-29-22-8-7-18(17-5-3-2-4-6-17)11-20(22)27-19-12-21(23(27)28)26(15-19)10-9-16-13-24-25-14-16/h2-8,11,13-14,19,21H,9-10,12,15H2,1H3,(H,24,25)/t19-,21-/m0/s1. The average molecular weight is 388 g/mol. The lowest BCUT2D eigenvalue weighted by Gasteiger charge is -2.34. The number of fused-ring (bicyclic) bond motifs is 2. The highest BCUT2D eigenvalue weighted by atomic mass is 16.5. The molecule has 5 rings (SSSR count). The number of carbonyl (C=O) groups is 1. The van der Waals surface area contributed by atoms with Crippen LogP contribution in [0.4, 0.5) is 5.69 Å². The molecule has 6 heteroatoms. The van der Waals surface area contributed by atoms with Crippen molar-refractivity contribution in [3.05, 3.63) is 66.5 Å². The number of benzene rings is 2. The number of rotatable bonds is 6. The van der Waals surface area contributed by atoms with Crippen molar-refractivity contribution in [1.29, 1.82) is 0 Å². The number of nitrogens with zero attached hydrogens (tertiary/aromatic N) is 3. The Morgan fingerprint density at radius 1 is 1.17 bits per heavy atom. The third-order valence-electron chi connectivity index (χ3n) is 6.06. The van der Waals surface area contributed by atoms with Crippen molar-refractivity contribution in [2.45, 2.75) is 24.9 Å². The third kappa shape index (κ3) is 3.19. The Morgan fingerprint density at radius 2 is 2.03 bits per heavy atom. The molecular formula is C23H24N4O2. The first-order chi connectivity index (χ1) is 14.2. The third-order valence-corrected chi connectivity index (χ3v) is 6.06. The van der Waals surface area contributed by atoms with Crippen molar-refractivity contribution in [2.24, 2.45) is 0 Å². The Labute approximate surface area is 170 Å². The van der Waals surface area contributed by atoms with Gasteiger partial charge in [-0.15, -0.1) is 0 Å². The number of aromatic nitrogens is 2. The Bertz CT molecular complexity index is 1000. The molecule has 2 saturated heterocycles. The van der Waals surface area contributed by atoms with Crippen molar-refractivity contribution in [1.82, 2.24) is 15.1 Å². The smallest absolute Gasteiger partial charge is 0.244 e. The van der Waals surface area contributed by atoms with Gasteiger partial charge in [0.15, 0.2) is 0 Å². The van der Waals surface area contributed by atoms with E-state index in [1.54, 1.807) is 7.11 Å². The van der Waals surface area contributed by atoms with Crippen LogP contribution < -0.4 is 9.64 Å². The second-order valence-electron chi connectivity index (χ2n) is 7.72. The van der Waals surface area contributed by atoms with Crippen LogP contribution in [0.15, 0.2) is 60.9 Å². The van der Waals surface area contributed by atoms with Crippen molar-refractivity contribution in [2.75, 3.05) is 25.1 Å². The molecule has 2 aliphatic heterocycles. The number of hydrogen-bond acceptors (Lipinski definition) is 4. The largest absolute Gasteiger partial charge is 0.495 e. The molecule has 2 fully saturated rings. The van der Waals surface area contributed by atoms with Crippen LogP contribution in [-0.4, -0.2) is 53.3 Å². The molecule has 1 amide bonds. The van der Waals surface area contributed by atoms with Crippen molar-refractivity contribution < 1.29 is 9.53 Å². The van der Waals surface area contributed by atoms with Crippen LogP contribution in [0.5, 0.6) is 5.75 Å². The average Bonchev–Trinajstić information content (AvgIpc) is 3.49. The molecule has 0 spiro atoms. The van der Waals surface area contributed by atoms with Crippen LogP contribution in [0.2, 0.25) is 0 Å². The number of nitrogens with one attached hydrogen (secondary N) is 1. The summed E-state index contributed by atoms with van der Waals surface area (Å²) < 4.78 is 5.61. The minimum absolute atomic E-state index is 0.0445. The summed E-state index contributed by atoms with van der Waals surface area (Å²) in [5.74, 6) is 0.924. The van der Waals surface area contributed by atoms with E-state index in [2.05, 4.69) is 33.3 Å². The Kier molecular flexibility index (Phi) is 4.56. The van der Waals surface area contributed by atoms with Gasteiger partial charge in [-0.25, -0.2) is 0 Å². The summed E-state index contributed by atoms with van der Waals surface area (Å²) in [6.07, 6.45) is 5.55. The molecule has 3 heterocycles. The van der Waals surface area contributed by atoms with Crippen LogP contribution in [0.1, 0.15) is 12.0 Å². The molecule has 29 heavy (non-hydrogen) atoms. The minimum atomic E-state index is -0.0445. The highest BCUT2D eigenvalue weighted by Gasteiger charge is 2.50. The van der Waals surface area contributed by atoms with Gasteiger partial charge in [0.1, 0.15) is 5.75 Å². The number of likely N-dealkylation sites (tertiary alicyclic amines) is 1. The van der Waals surface area contributed by atoms with Gasteiger partial charge in [0.05, 0.1) is 31.1 Å². The first-order valence-electron chi connectivity index (χ1n) is 10.0. The second kappa shape index (κ2) is 7.37. The van der Waals surface area contributed by atoms with Gasteiger partial charge in [0.25, 0.3) is 0 Å². The first kappa shape index (κ1) is 17.9. The van der Waals surface area contributed by atoms with Gasteiger partial charge < -0.3 is 9.64 Å². The number of H-pyrrole nitrogens is 1. The van der Waals surface area contributed by atoms with Crippen LogP contribution in [-0.2, 0) is 11.2 Å². The molecule has 0 unspecified atom stereocenters. The number of anilines is 1. The van der Waals surface area contributed by atoms with Crippen molar-refractivity contribution >= 4 is 11.6 Å². The lowest BCUT2D eigenvalue weighted by molar-refractivity contribution is -0.122. The highest BCUT2D eigenvalue weighted by Crippen LogP contribution is 2.41. The maximum absolute atomic E-state index is 13.3. The minimum Gasteiger partial charge on any atom is -0.495 e. The lowest BCUT2D eigenvalue weighted by Crippen LogP contribution is -2.51. The number of piperazine rings is 1. The molecule has 2 atom stereocenters. The zero-order valence-electron chi connectivity index (χ0n) is 16.4. The molecule has 1 aromatic heterocycles. The first-order valence-corrected chi connectivity index (χ1v) is 10.0. The molecular weight excluding hydrogens is 364 g/mol. The molecule has 2 aromatic carbocycles. The van der Waals surface area contributed by atoms with Gasteiger partial charge in [-0.2, -0.15) is 5.10 Å². The summed E-state index contributed by atoms with van der Waals surface area (Å²) in [6.45, 7) is 1.77. The zero-order valence-corrected chi connectivity index (χ0v) is 16.4. The number of methoxy groups -OCH3 is 1. The van der Waals surface area contributed by atoms with E-state index in [-0.39, 0.29) is 18.0 Å². The highest BCUT2D eigenvalue weighted by molar-refractivity contribution is 6.03. The van der Waals surface area contributed by atoms with Crippen LogP contribution >= 0.6 is 0 Å². The zero-order chi connectivity index (χ0) is 19.8. The van der Waals surface area contributed by atoms with E-state index in [0.29, 0.717) is 0 Å². The summed E-state index contributed by atoms with van der Waals surface area (Å²) in [5.41, 5.74) is 4.28. The Morgan fingerprint density at radius 3 is 2.76 bits per heavy atom. The number of ether oxygens (including phenoxy) is 1. The van der Waals surface area contributed by atoms with Crippen molar-refractivity contribution in [3.8, 4) is 16.9 Å². The molecule has 0 radical (unpaired) electrons. The summed E-state index contributed by atoms with van der Waals surface area (Å²) in [7, 11) is 1.66. The van der Waals surface area contributed by atoms with E-state index in [1.165, 1.54) is 5.56 Å². The van der Waals surface area contributed by atoms with E-state index < -0.39 is 0 Å². The SMILES string of the molecule is COc1ccc(-c2ccccc2)cc1N1C(=O)[C@@H]2C[C@H]1CN2CCc1cn[nH]c1. The molecule has 3 aromatic rings. The molecule has 1 N–H and O–H groups in total. The molecule has 6 nitrogen and oxygen atoms in total. The van der Waals surface area contributed by atoms with E-state index in [0.717, 1.165) is 48.5 Å². The van der Waals surface area contributed by atoms with Gasteiger partial charge in [-0.05, 0) is 41.7 Å². The normalized spacial score (nSPS) is 21.1. The van der Waals surface area contributed by atoms with E-state index >= 15 is 0 Å². The van der Waals surface area contributed by atoms with Gasteiger partial charge in [0.2, 0.25) is 5.91 Å². The summed E-state index contributed by atoms with van der Waals surface area (Å²) in [4.78, 5) is 17.5. The van der Waals surface area contributed by atoms with Gasteiger partial charge in [0, 0.05) is 19.3 Å². The predicted molar refractivity (Wildman–Crippen MR) is 112 cm³/mol. The molecule has 148 valence electrons. The monoisotopic (exact) mass is 388 g/mol. The van der Waals surface area contributed by atoms with E-state index in [4.69, 9.17) is 4.74 Å². The van der Waals surface area contributed by atoms with E-state index in [1.807, 2.05) is 47.6 Å². The van der Waals surface area contributed by atoms with Crippen LogP contribution in [0, 0.1) is 0 Å². The van der Waals surface area contributed by atoms with Crippen LogP contribution in [0.25, 0.3) is 11.1 Å². The van der Waals surface area contributed by atoms with Gasteiger partial charge in [-0.3, -0.25) is 14.8 Å². The maximum Gasteiger partial charge on any atom is 0.244 e. The molecule has 0 aliphatic carbocycles. The lowest BCUT2D eigenvalue weighted by atomic mass is 10.0. The number of amides is 1. The summed E-state index contributed by atoms with van der Waals surface area (Å²) >= 11 is 0. The molecule has 2 aliphatic rings. The fourth-order valence-corrected chi connectivity index (χ4v) is 4.60. The number of aromatic amines is 1. The quantitative estimate of drug-likeness (QED) is 0.705. The molecule has 2 bridgehead atoms. The van der Waals surface area contributed by atoms with Crippen molar-refractivity contribution in [3.63, 3.8) is 0 Å². The summed E-state index contributed by atoms with van der Waals surface area (Å²) in [5, 5.41) is 6.85. The second-order valence-corrected chi connectivity index (χ2v) is 7.72. The van der Waals surface area contributed by atoms with Gasteiger partial charge in [-0.1, -0.05) is 36.4 Å². The number of hydrogen-bond donors (Lipinski definition) is 1. The Hall–Kier alpha value is -3.12. The summed E-state index contributed by atoms with van der Waals surface area (Å²) in [6, 6.07) is 16.5. The Balaban J connectivity index is 1.39. The fraction of sp³-hybridized carbons (Fsp3) is 0.304. The fourth-order valence-electron chi connectivity index (χ4n) is 4.60. The number of carbonyl (C=O) groups excluding carboxylic acids is 1.